The summed E-state index contributed by atoms with van der Waals surface area (Å²) in [5, 5.41) is 9.95. The molecule has 0 aliphatic carbocycles. The summed E-state index contributed by atoms with van der Waals surface area (Å²) in [4.78, 5) is 18.0. The molecule has 1 atom stereocenters. The molecule has 3 aromatic carbocycles. The topological polar surface area (TPSA) is 78.3 Å². The van der Waals surface area contributed by atoms with Crippen molar-refractivity contribution in [2.75, 3.05) is 5.32 Å². The van der Waals surface area contributed by atoms with Crippen LogP contribution in [0, 0.1) is 0 Å². The maximum atomic E-state index is 13.3. The average molecular weight is 596 g/mol. The van der Waals surface area contributed by atoms with Crippen LogP contribution >= 0.6 is 35.0 Å². The number of halogens is 2. The molecule has 1 aromatic heterocycles. The number of nitrogens with zero attached hydrogens (tertiary/aromatic N) is 3. The van der Waals surface area contributed by atoms with Crippen LogP contribution in [0.15, 0.2) is 89.2 Å². The summed E-state index contributed by atoms with van der Waals surface area (Å²) >= 11 is 14.1. The quantitative estimate of drug-likeness (QED) is 0.157. The number of allylic oxidation sites excluding steroid dienone is 1. The fourth-order valence-electron chi connectivity index (χ4n) is 4.32. The summed E-state index contributed by atoms with van der Waals surface area (Å²) in [5.74, 6) is 1.43. The van der Waals surface area contributed by atoms with Crippen molar-refractivity contribution in [1.29, 1.82) is 0 Å². The van der Waals surface area contributed by atoms with Crippen LogP contribution in [-0.4, -0.2) is 26.8 Å². The van der Waals surface area contributed by atoms with E-state index in [1.54, 1.807) is 4.68 Å². The normalized spacial score (nSPS) is 14.6. The molecule has 5 rings (SSSR count). The van der Waals surface area contributed by atoms with Crippen molar-refractivity contribution in [2.24, 2.45) is 0 Å². The third kappa shape index (κ3) is 6.30. The second-order valence-electron chi connectivity index (χ2n) is 9.51. The highest BCUT2D eigenvalue weighted by Gasteiger charge is 2.35. The van der Waals surface area contributed by atoms with Crippen molar-refractivity contribution in [2.45, 2.75) is 50.4 Å². The average Bonchev–Trinajstić information content (AvgIpc) is 3.33. The van der Waals surface area contributed by atoms with Gasteiger partial charge in [-0.05, 0) is 56.2 Å². The fraction of sp³-hybridized carbons (Fsp3) is 0.233. The number of hydrogen-bond acceptors (Lipinski definition) is 7. The van der Waals surface area contributed by atoms with Crippen LogP contribution in [0.5, 0.6) is 5.75 Å². The van der Waals surface area contributed by atoms with Gasteiger partial charge in [0.05, 0.1) is 11.7 Å². The van der Waals surface area contributed by atoms with Crippen LogP contribution in [0.2, 0.25) is 10.0 Å². The summed E-state index contributed by atoms with van der Waals surface area (Å²) < 4.78 is 13.3. The van der Waals surface area contributed by atoms with Gasteiger partial charge in [-0.15, -0.1) is 5.10 Å². The lowest BCUT2D eigenvalue weighted by Gasteiger charge is -2.28. The number of esters is 1. The summed E-state index contributed by atoms with van der Waals surface area (Å²) in [6.45, 7) is 5.85. The highest BCUT2D eigenvalue weighted by molar-refractivity contribution is 7.98. The van der Waals surface area contributed by atoms with E-state index < -0.39 is 12.0 Å². The predicted octanol–water partition coefficient (Wildman–Crippen LogP) is 7.70. The molecule has 206 valence electrons. The molecular weight excluding hydrogens is 567 g/mol. The number of rotatable bonds is 9. The van der Waals surface area contributed by atoms with E-state index >= 15 is 0 Å². The Labute approximate surface area is 247 Å². The molecular formula is C30H28Cl2N4O3S. The van der Waals surface area contributed by atoms with E-state index in [1.807, 2.05) is 93.6 Å². The van der Waals surface area contributed by atoms with Gasteiger partial charge in [-0.3, -0.25) is 0 Å². The first-order chi connectivity index (χ1) is 19.3. The Hall–Kier alpha value is -3.46. The summed E-state index contributed by atoms with van der Waals surface area (Å²) in [6.07, 6.45) is -0.270. The van der Waals surface area contributed by atoms with Crippen LogP contribution in [0.1, 0.15) is 43.5 Å². The summed E-state index contributed by atoms with van der Waals surface area (Å²) in [6, 6.07) is 22.3. The Bertz CT molecular complexity index is 1550. The van der Waals surface area contributed by atoms with Crippen LogP contribution < -0.4 is 10.1 Å². The lowest BCUT2D eigenvalue weighted by atomic mass is 9.95. The minimum atomic E-state index is -0.540. The highest BCUT2D eigenvalue weighted by Crippen LogP contribution is 2.38. The standard InChI is InChI=1S/C30H28Cl2N4O3S/c1-18(2)39-28(37)26-19(3)33-29-34-30(40-17-22-9-5-7-11-25(22)32)35-36(29)27(26)20-12-14-23(15-13-20)38-16-21-8-4-6-10-24(21)31/h4-15,18,27H,16-17H2,1-3H3,(H,33,34,35). The number of carbonyl (C=O) groups excluding carboxylic acids is 1. The van der Waals surface area contributed by atoms with Gasteiger partial charge < -0.3 is 14.8 Å². The number of anilines is 1. The van der Waals surface area contributed by atoms with Crippen molar-refractivity contribution >= 4 is 46.9 Å². The van der Waals surface area contributed by atoms with Gasteiger partial charge in [-0.25, -0.2) is 9.48 Å². The van der Waals surface area contributed by atoms with Crippen LogP contribution in [0.4, 0.5) is 5.95 Å². The van der Waals surface area contributed by atoms with Gasteiger partial charge >= 0.3 is 5.97 Å². The smallest absolute Gasteiger partial charge is 0.338 e. The van der Waals surface area contributed by atoms with E-state index in [0.29, 0.717) is 50.5 Å². The van der Waals surface area contributed by atoms with E-state index in [2.05, 4.69) is 5.32 Å². The molecule has 1 aliphatic rings. The number of thioether (sulfide) groups is 1. The molecule has 0 radical (unpaired) electrons. The van der Waals surface area contributed by atoms with Gasteiger partial charge in [0.2, 0.25) is 11.1 Å². The van der Waals surface area contributed by atoms with Crippen molar-refractivity contribution in [3.63, 3.8) is 0 Å². The highest BCUT2D eigenvalue weighted by atomic mass is 35.5. The number of hydrogen-bond donors (Lipinski definition) is 1. The molecule has 0 bridgehead atoms. The molecule has 0 fully saturated rings. The first-order valence-electron chi connectivity index (χ1n) is 12.8. The van der Waals surface area contributed by atoms with Crippen molar-refractivity contribution in [1.82, 2.24) is 14.8 Å². The Balaban J connectivity index is 1.43. The Morgan fingerprint density at radius 3 is 2.30 bits per heavy atom. The maximum absolute atomic E-state index is 13.3. The Morgan fingerprint density at radius 1 is 1.00 bits per heavy atom. The number of carbonyl (C=O) groups is 1. The SMILES string of the molecule is CC1=C(C(=O)OC(C)C)C(c2ccc(OCc3ccccc3Cl)cc2)n2nc(SCc3ccccc3Cl)nc2N1. The van der Waals surface area contributed by atoms with E-state index in [-0.39, 0.29) is 6.10 Å². The largest absolute Gasteiger partial charge is 0.489 e. The molecule has 1 unspecified atom stereocenters. The molecule has 2 heterocycles. The van der Waals surface area contributed by atoms with Crippen molar-refractivity contribution in [3.8, 4) is 5.75 Å². The second-order valence-corrected chi connectivity index (χ2v) is 11.3. The maximum Gasteiger partial charge on any atom is 0.338 e. The van der Waals surface area contributed by atoms with Crippen molar-refractivity contribution in [3.05, 3.63) is 111 Å². The zero-order valence-corrected chi connectivity index (χ0v) is 24.6. The molecule has 0 spiro atoms. The molecule has 4 aromatic rings. The predicted molar refractivity (Wildman–Crippen MR) is 159 cm³/mol. The number of nitrogens with one attached hydrogen (secondary N) is 1. The number of aromatic nitrogens is 3. The zero-order valence-electron chi connectivity index (χ0n) is 22.2. The molecule has 7 nitrogen and oxygen atoms in total. The third-order valence-electron chi connectivity index (χ3n) is 6.26. The molecule has 0 saturated carbocycles. The van der Waals surface area contributed by atoms with Gasteiger partial charge in [0.25, 0.3) is 0 Å². The minimum Gasteiger partial charge on any atom is -0.489 e. The molecule has 0 amide bonds. The van der Waals surface area contributed by atoms with Crippen LogP contribution in [0.25, 0.3) is 0 Å². The third-order valence-corrected chi connectivity index (χ3v) is 7.88. The Morgan fingerprint density at radius 2 is 1.65 bits per heavy atom. The van der Waals surface area contributed by atoms with Crippen LogP contribution in [0.3, 0.4) is 0 Å². The molecule has 0 saturated heterocycles. The number of fused-ring (bicyclic) bond motifs is 1. The van der Waals surface area contributed by atoms with Gasteiger partial charge in [0.1, 0.15) is 18.4 Å². The van der Waals surface area contributed by atoms with E-state index in [4.69, 9.17) is 42.8 Å². The first kappa shape index (κ1) is 28.1. The lowest BCUT2D eigenvalue weighted by molar-refractivity contribution is -0.143. The van der Waals surface area contributed by atoms with Gasteiger partial charge in [-0.1, -0.05) is 83.5 Å². The van der Waals surface area contributed by atoms with E-state index in [1.165, 1.54) is 11.8 Å². The number of benzene rings is 3. The van der Waals surface area contributed by atoms with Gasteiger partial charge in [0, 0.05) is 27.1 Å². The first-order valence-corrected chi connectivity index (χ1v) is 14.5. The fourth-order valence-corrected chi connectivity index (χ4v) is 5.63. The summed E-state index contributed by atoms with van der Waals surface area (Å²) in [7, 11) is 0. The monoisotopic (exact) mass is 594 g/mol. The van der Waals surface area contributed by atoms with E-state index in [9.17, 15) is 4.79 Å². The minimum absolute atomic E-state index is 0.270. The molecule has 1 aliphatic heterocycles. The molecule has 40 heavy (non-hydrogen) atoms. The van der Waals surface area contributed by atoms with Gasteiger partial charge in [-0.2, -0.15) is 4.98 Å². The number of ether oxygens (including phenoxy) is 2. The molecule has 1 N–H and O–H groups in total. The van der Waals surface area contributed by atoms with E-state index in [0.717, 1.165) is 16.7 Å². The lowest BCUT2D eigenvalue weighted by Crippen LogP contribution is -2.30. The van der Waals surface area contributed by atoms with Crippen LogP contribution in [-0.2, 0) is 21.9 Å². The Kier molecular flexibility index (Phi) is 8.69. The summed E-state index contributed by atoms with van der Waals surface area (Å²) in [5.41, 5.74) is 3.87. The van der Waals surface area contributed by atoms with Gasteiger partial charge in [0.15, 0.2) is 0 Å². The second kappa shape index (κ2) is 12.4. The van der Waals surface area contributed by atoms with Crippen molar-refractivity contribution < 1.29 is 14.3 Å². The molecule has 10 heteroatoms. The zero-order chi connectivity index (χ0) is 28.2.